The van der Waals surface area contributed by atoms with Crippen molar-refractivity contribution in [2.75, 3.05) is 36.4 Å². The van der Waals surface area contributed by atoms with Gasteiger partial charge in [-0.15, -0.1) is 0 Å². The third-order valence-electron chi connectivity index (χ3n) is 5.27. The minimum Gasteiger partial charge on any atom is -0.365 e. The number of amides is 2. The fourth-order valence-corrected chi connectivity index (χ4v) is 3.46. The van der Waals surface area contributed by atoms with Gasteiger partial charge in [0.25, 0.3) is 0 Å². The minimum absolute atomic E-state index is 0.188. The summed E-state index contributed by atoms with van der Waals surface area (Å²) in [5.41, 5.74) is 1.86. The van der Waals surface area contributed by atoms with E-state index in [-0.39, 0.29) is 17.6 Å². The maximum atomic E-state index is 12.6. The van der Waals surface area contributed by atoms with Gasteiger partial charge in [-0.2, -0.15) is 0 Å². The number of hydrogen-bond acceptors (Lipinski definition) is 7. The summed E-state index contributed by atoms with van der Waals surface area (Å²) in [4.78, 5) is 46.9. The van der Waals surface area contributed by atoms with Crippen molar-refractivity contribution in [1.82, 2.24) is 19.4 Å². The molecule has 11 nitrogen and oxygen atoms in total. The number of nitro groups is 1. The zero-order valence-electron chi connectivity index (χ0n) is 17.3. The van der Waals surface area contributed by atoms with Gasteiger partial charge >= 0.3 is 11.8 Å². The molecule has 11 heteroatoms. The molecule has 2 amide bonds. The molecule has 0 atom stereocenters. The van der Waals surface area contributed by atoms with Crippen LogP contribution in [0.15, 0.2) is 55.0 Å². The van der Waals surface area contributed by atoms with Gasteiger partial charge in [0, 0.05) is 62.9 Å². The quantitative estimate of drug-likeness (QED) is 0.370. The van der Waals surface area contributed by atoms with Gasteiger partial charge in [0.05, 0.1) is 5.69 Å². The van der Waals surface area contributed by atoms with Crippen molar-refractivity contribution in [2.45, 2.75) is 0 Å². The van der Waals surface area contributed by atoms with Gasteiger partial charge in [-0.05, 0) is 40.2 Å². The Balaban J connectivity index is 1.31. The Morgan fingerprint density at radius 1 is 1.03 bits per heavy atom. The molecule has 0 aliphatic carbocycles. The van der Waals surface area contributed by atoms with Gasteiger partial charge in [-0.3, -0.25) is 4.79 Å². The maximum Gasteiger partial charge on any atom is 0.363 e. The lowest BCUT2D eigenvalue weighted by Crippen LogP contribution is -2.50. The van der Waals surface area contributed by atoms with E-state index in [0.717, 1.165) is 5.69 Å². The van der Waals surface area contributed by atoms with Crippen LogP contribution >= 0.6 is 0 Å². The topological polar surface area (TPSA) is 127 Å². The van der Waals surface area contributed by atoms with Crippen LogP contribution in [0.1, 0.15) is 16.2 Å². The van der Waals surface area contributed by atoms with Crippen LogP contribution in [0.4, 0.5) is 22.0 Å². The molecule has 2 aromatic heterocycles. The van der Waals surface area contributed by atoms with Crippen LogP contribution in [-0.2, 0) is 7.05 Å². The number of imidazole rings is 1. The monoisotopic (exact) mass is 435 g/mol. The van der Waals surface area contributed by atoms with Crippen molar-refractivity contribution < 1.29 is 14.5 Å². The lowest BCUT2D eigenvalue weighted by Gasteiger charge is -2.35. The molecule has 1 aromatic carbocycles. The lowest BCUT2D eigenvalue weighted by molar-refractivity contribution is -0.389. The molecule has 0 radical (unpaired) electrons. The van der Waals surface area contributed by atoms with Crippen LogP contribution in [0.25, 0.3) is 0 Å². The number of ketones is 1. The maximum absolute atomic E-state index is 12.6. The highest BCUT2D eigenvalue weighted by atomic mass is 16.6. The van der Waals surface area contributed by atoms with Gasteiger partial charge in [0.15, 0.2) is 12.0 Å². The SMILES string of the molecule is Cn1ccnc1C(=O)c1ccc(NC(=O)N2CCN(c3ccc([N+](=O)[O-])nc3)CC2)cc1. The Hall–Kier alpha value is -4.28. The number of aromatic nitrogens is 3. The van der Waals surface area contributed by atoms with Gasteiger partial charge in [-0.1, -0.05) is 0 Å². The van der Waals surface area contributed by atoms with Gasteiger partial charge in [-0.25, -0.2) is 9.78 Å². The summed E-state index contributed by atoms with van der Waals surface area (Å²) < 4.78 is 1.66. The van der Waals surface area contributed by atoms with Crippen molar-refractivity contribution in [3.63, 3.8) is 0 Å². The standard InChI is InChI=1S/C21H21N7O4/c1-25-9-8-22-20(25)19(29)15-2-4-16(5-3-15)24-21(30)27-12-10-26(11-13-27)17-6-7-18(23-14-17)28(31)32/h2-9,14H,10-13H2,1H3,(H,24,30). The lowest BCUT2D eigenvalue weighted by atomic mass is 10.1. The minimum atomic E-state index is -0.535. The summed E-state index contributed by atoms with van der Waals surface area (Å²) in [6, 6.07) is 9.50. The molecule has 0 saturated carbocycles. The molecule has 1 N–H and O–H groups in total. The molecule has 0 spiro atoms. The number of nitrogens with zero attached hydrogens (tertiary/aromatic N) is 6. The van der Waals surface area contributed by atoms with Crippen LogP contribution in [0, 0.1) is 10.1 Å². The number of rotatable bonds is 5. The van der Waals surface area contributed by atoms with E-state index in [2.05, 4.69) is 15.3 Å². The van der Waals surface area contributed by atoms with Crippen LogP contribution in [-0.4, -0.2) is 62.4 Å². The number of pyridine rings is 1. The summed E-state index contributed by atoms with van der Waals surface area (Å²) in [7, 11) is 1.76. The van der Waals surface area contributed by atoms with Crippen molar-refractivity contribution in [3.8, 4) is 0 Å². The second-order valence-electron chi connectivity index (χ2n) is 7.30. The first kappa shape index (κ1) is 21.0. The summed E-state index contributed by atoms with van der Waals surface area (Å²) in [5.74, 6) is -0.0329. The highest BCUT2D eigenvalue weighted by Gasteiger charge is 2.23. The van der Waals surface area contributed by atoms with Crippen LogP contribution in [0.3, 0.4) is 0 Å². The molecule has 0 unspecified atom stereocenters. The smallest absolute Gasteiger partial charge is 0.363 e. The van der Waals surface area contributed by atoms with Gasteiger partial charge in [0.2, 0.25) is 5.78 Å². The van der Waals surface area contributed by atoms with E-state index < -0.39 is 4.92 Å². The van der Waals surface area contributed by atoms with Crippen LogP contribution < -0.4 is 10.2 Å². The molecule has 1 saturated heterocycles. The number of piperazine rings is 1. The van der Waals surface area contributed by atoms with Crippen molar-refractivity contribution in [2.24, 2.45) is 7.05 Å². The number of nitrogens with one attached hydrogen (secondary N) is 1. The summed E-state index contributed by atoms with van der Waals surface area (Å²) in [6.45, 7) is 2.17. The number of carbonyl (C=O) groups is 2. The molecule has 1 fully saturated rings. The number of benzene rings is 1. The molecule has 32 heavy (non-hydrogen) atoms. The largest absolute Gasteiger partial charge is 0.365 e. The number of urea groups is 1. The highest BCUT2D eigenvalue weighted by molar-refractivity contribution is 6.07. The Kier molecular flexibility index (Phi) is 5.79. The molecule has 3 heterocycles. The van der Waals surface area contributed by atoms with E-state index in [9.17, 15) is 19.7 Å². The van der Waals surface area contributed by atoms with E-state index in [4.69, 9.17) is 0 Å². The Labute approximate surface area is 183 Å². The van der Waals surface area contributed by atoms with Gasteiger partial charge < -0.3 is 29.8 Å². The first-order valence-corrected chi connectivity index (χ1v) is 9.96. The molecule has 164 valence electrons. The molecule has 1 aliphatic heterocycles. The third kappa shape index (κ3) is 4.41. The van der Waals surface area contributed by atoms with Gasteiger partial charge in [0.1, 0.15) is 0 Å². The first-order chi connectivity index (χ1) is 15.4. The fourth-order valence-electron chi connectivity index (χ4n) is 3.46. The second-order valence-corrected chi connectivity index (χ2v) is 7.30. The molecule has 3 aromatic rings. The summed E-state index contributed by atoms with van der Waals surface area (Å²) >= 11 is 0. The summed E-state index contributed by atoms with van der Waals surface area (Å²) in [5, 5.41) is 13.6. The summed E-state index contributed by atoms with van der Waals surface area (Å²) in [6.07, 6.45) is 4.75. The number of aryl methyl sites for hydroxylation is 1. The van der Waals surface area contributed by atoms with Crippen molar-refractivity contribution in [3.05, 3.63) is 76.5 Å². The Morgan fingerprint density at radius 2 is 1.75 bits per heavy atom. The number of anilines is 2. The molecular formula is C21H21N7O4. The zero-order chi connectivity index (χ0) is 22.7. The number of carbonyl (C=O) groups excluding carboxylic acids is 2. The van der Waals surface area contributed by atoms with E-state index in [0.29, 0.717) is 43.3 Å². The predicted octanol–water partition coefficient (Wildman–Crippen LogP) is 2.31. The Bertz CT molecular complexity index is 1130. The predicted molar refractivity (Wildman–Crippen MR) is 117 cm³/mol. The van der Waals surface area contributed by atoms with Crippen LogP contribution in [0.5, 0.6) is 0 Å². The zero-order valence-corrected chi connectivity index (χ0v) is 17.3. The molecular weight excluding hydrogens is 414 g/mol. The first-order valence-electron chi connectivity index (χ1n) is 9.96. The van der Waals surface area contributed by atoms with Crippen molar-refractivity contribution in [1.29, 1.82) is 0 Å². The second kappa shape index (κ2) is 8.84. The molecule has 0 bridgehead atoms. The highest BCUT2D eigenvalue weighted by Crippen LogP contribution is 2.19. The normalized spacial score (nSPS) is 13.7. The molecule has 4 rings (SSSR count). The Morgan fingerprint density at radius 3 is 2.31 bits per heavy atom. The average molecular weight is 435 g/mol. The van der Waals surface area contributed by atoms with Crippen LogP contribution in [0.2, 0.25) is 0 Å². The van der Waals surface area contributed by atoms with E-state index in [1.54, 1.807) is 59.2 Å². The van der Waals surface area contributed by atoms with E-state index >= 15 is 0 Å². The van der Waals surface area contributed by atoms with E-state index in [1.807, 2.05) is 4.90 Å². The fraction of sp³-hybridized carbons (Fsp3) is 0.238. The molecule has 1 aliphatic rings. The van der Waals surface area contributed by atoms with E-state index in [1.165, 1.54) is 12.3 Å². The van der Waals surface area contributed by atoms with Crippen molar-refractivity contribution >= 4 is 29.0 Å². The number of hydrogen-bond donors (Lipinski definition) is 1. The third-order valence-corrected chi connectivity index (χ3v) is 5.27. The average Bonchev–Trinajstić information content (AvgIpc) is 3.25.